The summed E-state index contributed by atoms with van der Waals surface area (Å²) in [7, 11) is 0. The average molecular weight is 453 g/mol. The van der Waals surface area contributed by atoms with E-state index < -0.39 is 23.5 Å². The van der Waals surface area contributed by atoms with Crippen LogP contribution in [-0.2, 0) is 9.53 Å². The Bertz CT molecular complexity index is 1300. The van der Waals surface area contributed by atoms with Crippen LogP contribution in [0.25, 0.3) is 6.08 Å². The Kier molecular flexibility index (Phi) is 7.82. The van der Waals surface area contributed by atoms with Crippen molar-refractivity contribution in [2.75, 3.05) is 6.61 Å². The summed E-state index contributed by atoms with van der Waals surface area (Å²) in [5.74, 6) is -2.55. The Morgan fingerprint density at radius 2 is 1.44 bits per heavy atom. The van der Waals surface area contributed by atoms with Gasteiger partial charge in [0.25, 0.3) is 0 Å². The van der Waals surface area contributed by atoms with Crippen LogP contribution in [0.2, 0.25) is 0 Å². The summed E-state index contributed by atoms with van der Waals surface area (Å²) in [5, 5.41) is 9.16. The van der Waals surface area contributed by atoms with Crippen LogP contribution in [-0.4, -0.2) is 30.1 Å². The number of ketones is 2. The number of esters is 2. The number of nitriles is 1. The molecule has 0 atom stereocenters. The van der Waals surface area contributed by atoms with Crippen molar-refractivity contribution in [2.24, 2.45) is 0 Å². The van der Waals surface area contributed by atoms with Gasteiger partial charge in [-0.2, -0.15) is 5.26 Å². The summed E-state index contributed by atoms with van der Waals surface area (Å²) in [6.07, 6.45) is 1.33. The van der Waals surface area contributed by atoms with Gasteiger partial charge in [-0.25, -0.2) is 9.59 Å². The Morgan fingerprint density at radius 1 is 0.824 bits per heavy atom. The molecule has 0 aliphatic heterocycles. The Hall–Kier alpha value is -4.83. The SMILES string of the molecule is CCOC(=O)/C(C#N)=C/c1cccc(OC(=O)c2ccc(C(=O)C(=O)c3ccccc3)cc2)c1. The lowest BCUT2D eigenvalue weighted by atomic mass is 10.0. The molecule has 3 aromatic carbocycles. The predicted octanol–water partition coefficient (Wildman–Crippen LogP) is 4.44. The second kappa shape index (κ2) is 11.2. The molecule has 3 rings (SSSR count). The van der Waals surface area contributed by atoms with Crippen molar-refractivity contribution in [1.29, 1.82) is 5.26 Å². The van der Waals surface area contributed by atoms with Gasteiger partial charge in [0.1, 0.15) is 17.4 Å². The molecule has 7 nitrogen and oxygen atoms in total. The minimum absolute atomic E-state index is 0.139. The first-order chi connectivity index (χ1) is 16.4. The second-order valence-corrected chi connectivity index (χ2v) is 6.95. The standard InChI is InChI=1S/C27H19NO6/c1-2-33-26(31)22(17-28)15-18-7-6-10-23(16-18)34-27(32)21-13-11-20(12-14-21)25(30)24(29)19-8-4-3-5-9-19/h3-16H,2H2,1H3/b22-15+. The number of Topliss-reactive ketones (excluding diaryl/α,β-unsaturated/α-hetero) is 2. The first kappa shape index (κ1) is 23.8. The molecular weight excluding hydrogens is 434 g/mol. The lowest BCUT2D eigenvalue weighted by Crippen LogP contribution is -2.15. The largest absolute Gasteiger partial charge is 0.462 e. The summed E-state index contributed by atoms with van der Waals surface area (Å²) in [6.45, 7) is 1.77. The molecular formula is C27H19NO6. The van der Waals surface area contributed by atoms with Crippen LogP contribution in [0.1, 0.15) is 43.6 Å². The third-order valence-corrected chi connectivity index (χ3v) is 4.62. The normalized spacial score (nSPS) is 10.6. The molecule has 3 aromatic rings. The molecule has 34 heavy (non-hydrogen) atoms. The molecule has 0 amide bonds. The topological polar surface area (TPSA) is 111 Å². The molecule has 0 bridgehead atoms. The van der Waals surface area contributed by atoms with E-state index in [1.54, 1.807) is 61.5 Å². The molecule has 0 saturated carbocycles. The van der Waals surface area contributed by atoms with Crippen molar-refractivity contribution in [3.63, 3.8) is 0 Å². The van der Waals surface area contributed by atoms with Crippen molar-refractivity contribution in [1.82, 2.24) is 0 Å². The number of hydrogen-bond acceptors (Lipinski definition) is 7. The van der Waals surface area contributed by atoms with Gasteiger partial charge in [-0.1, -0.05) is 54.6 Å². The van der Waals surface area contributed by atoms with Crippen molar-refractivity contribution < 1.29 is 28.7 Å². The first-order valence-corrected chi connectivity index (χ1v) is 10.3. The van der Waals surface area contributed by atoms with E-state index in [0.717, 1.165) is 0 Å². The maximum absolute atomic E-state index is 12.5. The molecule has 0 aromatic heterocycles. The highest BCUT2D eigenvalue weighted by molar-refractivity contribution is 6.49. The lowest BCUT2D eigenvalue weighted by Gasteiger charge is -2.06. The van der Waals surface area contributed by atoms with Crippen LogP contribution >= 0.6 is 0 Å². The number of benzene rings is 3. The van der Waals surface area contributed by atoms with E-state index in [4.69, 9.17) is 14.7 Å². The van der Waals surface area contributed by atoms with Gasteiger partial charge in [0, 0.05) is 11.1 Å². The van der Waals surface area contributed by atoms with Crippen LogP contribution in [0.3, 0.4) is 0 Å². The van der Waals surface area contributed by atoms with Gasteiger partial charge >= 0.3 is 11.9 Å². The van der Waals surface area contributed by atoms with E-state index in [0.29, 0.717) is 5.56 Å². The predicted molar refractivity (Wildman–Crippen MR) is 123 cm³/mol. The van der Waals surface area contributed by atoms with E-state index in [9.17, 15) is 19.2 Å². The summed E-state index contributed by atoms with van der Waals surface area (Å²) in [6, 6.07) is 21.8. The average Bonchev–Trinajstić information content (AvgIpc) is 2.87. The maximum atomic E-state index is 12.5. The molecule has 7 heteroatoms. The molecule has 0 fully saturated rings. The number of nitrogens with zero attached hydrogens (tertiary/aromatic N) is 1. The summed E-state index contributed by atoms with van der Waals surface area (Å²) in [5.41, 5.74) is 0.896. The van der Waals surface area contributed by atoms with Gasteiger partial charge in [-0.05, 0) is 42.8 Å². The molecule has 0 N–H and O–H groups in total. The van der Waals surface area contributed by atoms with Gasteiger partial charge < -0.3 is 9.47 Å². The van der Waals surface area contributed by atoms with E-state index in [1.165, 1.54) is 36.4 Å². The van der Waals surface area contributed by atoms with Crippen LogP contribution < -0.4 is 4.74 Å². The fourth-order valence-corrected chi connectivity index (χ4v) is 2.96. The number of ether oxygens (including phenoxy) is 2. The number of carbonyl (C=O) groups excluding carboxylic acids is 4. The highest BCUT2D eigenvalue weighted by Gasteiger charge is 2.19. The molecule has 0 aliphatic rings. The Morgan fingerprint density at radius 3 is 2.06 bits per heavy atom. The zero-order chi connectivity index (χ0) is 24.5. The summed E-state index contributed by atoms with van der Waals surface area (Å²) < 4.78 is 10.2. The molecule has 0 saturated heterocycles. The van der Waals surface area contributed by atoms with E-state index in [1.807, 2.05) is 0 Å². The third kappa shape index (κ3) is 5.90. The van der Waals surface area contributed by atoms with Gasteiger partial charge in [-0.3, -0.25) is 9.59 Å². The van der Waals surface area contributed by atoms with Crippen molar-refractivity contribution in [3.05, 3.63) is 107 Å². The Balaban J connectivity index is 1.71. The van der Waals surface area contributed by atoms with Gasteiger partial charge in [-0.15, -0.1) is 0 Å². The number of carbonyl (C=O) groups is 4. The van der Waals surface area contributed by atoms with Crippen molar-refractivity contribution in [3.8, 4) is 11.8 Å². The fourth-order valence-electron chi connectivity index (χ4n) is 2.96. The lowest BCUT2D eigenvalue weighted by molar-refractivity contribution is -0.137. The second-order valence-electron chi connectivity index (χ2n) is 6.95. The Labute approximate surface area is 195 Å². The molecule has 168 valence electrons. The van der Waals surface area contributed by atoms with E-state index in [2.05, 4.69) is 0 Å². The van der Waals surface area contributed by atoms with Crippen LogP contribution in [0.5, 0.6) is 5.75 Å². The molecule has 0 unspecified atom stereocenters. The van der Waals surface area contributed by atoms with E-state index >= 15 is 0 Å². The first-order valence-electron chi connectivity index (χ1n) is 10.3. The fraction of sp³-hybridized carbons (Fsp3) is 0.0741. The number of rotatable bonds is 8. The van der Waals surface area contributed by atoms with Crippen molar-refractivity contribution in [2.45, 2.75) is 6.92 Å². The molecule has 0 spiro atoms. The molecule has 0 heterocycles. The van der Waals surface area contributed by atoms with Gasteiger partial charge in [0.05, 0.1) is 12.2 Å². The third-order valence-electron chi connectivity index (χ3n) is 4.62. The highest BCUT2D eigenvalue weighted by Crippen LogP contribution is 2.18. The monoisotopic (exact) mass is 453 g/mol. The zero-order valence-corrected chi connectivity index (χ0v) is 18.2. The zero-order valence-electron chi connectivity index (χ0n) is 18.2. The van der Waals surface area contributed by atoms with Crippen LogP contribution in [0.15, 0.2) is 84.4 Å². The van der Waals surface area contributed by atoms with Crippen LogP contribution in [0.4, 0.5) is 0 Å². The van der Waals surface area contributed by atoms with Crippen LogP contribution in [0, 0.1) is 11.3 Å². The molecule has 0 radical (unpaired) electrons. The quantitative estimate of drug-likeness (QED) is 0.124. The smallest absolute Gasteiger partial charge is 0.348 e. The maximum Gasteiger partial charge on any atom is 0.348 e. The van der Waals surface area contributed by atoms with Crippen molar-refractivity contribution >= 4 is 29.6 Å². The number of hydrogen-bond donors (Lipinski definition) is 0. The molecule has 0 aliphatic carbocycles. The summed E-state index contributed by atoms with van der Waals surface area (Å²) >= 11 is 0. The minimum atomic E-state index is -0.743. The van der Waals surface area contributed by atoms with Gasteiger partial charge in [0.2, 0.25) is 11.6 Å². The van der Waals surface area contributed by atoms with E-state index in [-0.39, 0.29) is 34.6 Å². The van der Waals surface area contributed by atoms with Gasteiger partial charge in [0.15, 0.2) is 0 Å². The summed E-state index contributed by atoms with van der Waals surface area (Å²) in [4.78, 5) is 49.0. The minimum Gasteiger partial charge on any atom is -0.462 e. The highest BCUT2D eigenvalue weighted by atomic mass is 16.5.